The predicted molar refractivity (Wildman–Crippen MR) is 119 cm³/mol. The number of benzene rings is 2. The fourth-order valence-corrected chi connectivity index (χ4v) is 4.06. The molecule has 164 valence electrons. The molecule has 1 fully saturated rings. The van der Waals surface area contributed by atoms with Gasteiger partial charge in [-0.2, -0.15) is 0 Å². The molecule has 2 atom stereocenters. The Morgan fingerprint density at radius 1 is 1.19 bits per heavy atom. The van der Waals surface area contributed by atoms with Gasteiger partial charge in [0, 0.05) is 6.54 Å². The molecule has 2 heterocycles. The first-order valence-electron chi connectivity index (χ1n) is 10.7. The normalized spacial score (nSPS) is 19.6. The number of carbonyl (C=O) groups excluding carboxylic acids is 1. The number of imidazole rings is 1. The second-order valence-electron chi connectivity index (χ2n) is 9.13. The number of ether oxygens (including phenoxy) is 1. The Morgan fingerprint density at radius 2 is 1.90 bits per heavy atom. The smallest absolute Gasteiger partial charge is 0.309 e. The molecular weight excluding hydrogens is 395 g/mol. The van der Waals surface area contributed by atoms with E-state index in [9.17, 15) is 9.18 Å². The standard InChI is InChI=1S/C24H29FN4O2/c1-24(2,3)31-22(30)17-12-13-28(21(26)14-17)23-27-19-6-4-5-7-20(19)29(23)15-16-8-10-18(25)11-9-16/h4-11,17,21H,12-15,26H2,1-3H3/t17-,21+/m1/s1. The van der Waals surface area contributed by atoms with Crippen LogP contribution < -0.4 is 10.6 Å². The number of nitrogens with two attached hydrogens (primary N) is 1. The summed E-state index contributed by atoms with van der Waals surface area (Å²) in [5, 5.41) is 0. The highest BCUT2D eigenvalue weighted by Crippen LogP contribution is 2.30. The van der Waals surface area contributed by atoms with Gasteiger partial charge in [-0.25, -0.2) is 9.37 Å². The molecule has 1 aromatic heterocycles. The highest BCUT2D eigenvalue weighted by molar-refractivity contribution is 5.79. The number of hydrogen-bond acceptors (Lipinski definition) is 5. The minimum atomic E-state index is -0.512. The van der Waals surface area contributed by atoms with Crippen molar-refractivity contribution in [2.45, 2.75) is 51.9 Å². The number of carbonyl (C=O) groups is 1. The summed E-state index contributed by atoms with van der Waals surface area (Å²) in [5.41, 5.74) is 8.85. The molecule has 0 amide bonds. The van der Waals surface area contributed by atoms with Crippen molar-refractivity contribution in [2.75, 3.05) is 11.4 Å². The van der Waals surface area contributed by atoms with Crippen molar-refractivity contribution >= 4 is 23.0 Å². The third-order valence-electron chi connectivity index (χ3n) is 5.53. The van der Waals surface area contributed by atoms with Crippen molar-refractivity contribution in [1.29, 1.82) is 0 Å². The van der Waals surface area contributed by atoms with Crippen molar-refractivity contribution in [3.63, 3.8) is 0 Å². The van der Waals surface area contributed by atoms with E-state index in [0.717, 1.165) is 22.5 Å². The van der Waals surface area contributed by atoms with E-state index >= 15 is 0 Å². The minimum Gasteiger partial charge on any atom is -0.460 e. The van der Waals surface area contributed by atoms with Crippen LogP contribution >= 0.6 is 0 Å². The number of fused-ring (bicyclic) bond motifs is 1. The first kappa shape index (κ1) is 21.3. The van der Waals surface area contributed by atoms with E-state index in [0.29, 0.717) is 25.9 Å². The van der Waals surface area contributed by atoms with Crippen LogP contribution in [0, 0.1) is 11.7 Å². The topological polar surface area (TPSA) is 73.4 Å². The van der Waals surface area contributed by atoms with Gasteiger partial charge in [0.1, 0.15) is 11.4 Å². The fourth-order valence-electron chi connectivity index (χ4n) is 4.06. The zero-order valence-electron chi connectivity index (χ0n) is 18.2. The molecule has 6 nitrogen and oxygen atoms in total. The highest BCUT2D eigenvalue weighted by atomic mass is 19.1. The molecule has 3 aromatic rings. The molecular formula is C24H29FN4O2. The SMILES string of the molecule is CC(C)(C)OC(=O)[C@@H]1CCN(c2nc3ccccc3n2Cc2ccc(F)cc2)[C@H](N)C1. The van der Waals surface area contributed by atoms with Gasteiger partial charge in [-0.1, -0.05) is 24.3 Å². The molecule has 1 saturated heterocycles. The monoisotopic (exact) mass is 424 g/mol. The van der Waals surface area contributed by atoms with E-state index in [1.54, 1.807) is 12.1 Å². The number of hydrogen-bond donors (Lipinski definition) is 1. The fraction of sp³-hybridized carbons (Fsp3) is 0.417. The average molecular weight is 425 g/mol. The van der Waals surface area contributed by atoms with Gasteiger partial charge < -0.3 is 19.9 Å². The van der Waals surface area contributed by atoms with E-state index in [1.165, 1.54) is 12.1 Å². The maximum atomic E-state index is 13.4. The maximum absolute atomic E-state index is 13.4. The van der Waals surface area contributed by atoms with Crippen molar-refractivity contribution in [3.05, 3.63) is 59.9 Å². The van der Waals surface area contributed by atoms with Gasteiger partial charge in [-0.15, -0.1) is 0 Å². The third kappa shape index (κ3) is 4.71. The number of halogens is 1. The van der Waals surface area contributed by atoms with Gasteiger partial charge >= 0.3 is 5.97 Å². The summed E-state index contributed by atoms with van der Waals surface area (Å²) in [5.74, 6) is 0.0918. The molecule has 1 aliphatic heterocycles. The molecule has 7 heteroatoms. The summed E-state index contributed by atoms with van der Waals surface area (Å²) in [6.45, 7) is 6.78. The van der Waals surface area contributed by atoms with Crippen LogP contribution in [0.4, 0.5) is 10.3 Å². The minimum absolute atomic E-state index is 0.192. The zero-order chi connectivity index (χ0) is 22.2. The molecule has 0 bridgehead atoms. The van der Waals surface area contributed by atoms with Gasteiger partial charge in [0.05, 0.1) is 29.7 Å². The van der Waals surface area contributed by atoms with Crippen LogP contribution in [0.1, 0.15) is 39.2 Å². The van der Waals surface area contributed by atoms with Gasteiger partial charge in [0.2, 0.25) is 5.95 Å². The lowest BCUT2D eigenvalue weighted by Crippen LogP contribution is -2.51. The van der Waals surface area contributed by atoms with Crippen molar-refractivity contribution in [2.24, 2.45) is 11.7 Å². The van der Waals surface area contributed by atoms with Crippen LogP contribution in [0.3, 0.4) is 0 Å². The highest BCUT2D eigenvalue weighted by Gasteiger charge is 2.35. The summed E-state index contributed by atoms with van der Waals surface area (Å²) in [6.07, 6.45) is 0.812. The number of para-hydroxylation sites is 2. The molecule has 0 aliphatic carbocycles. The molecule has 0 spiro atoms. The van der Waals surface area contributed by atoms with Crippen LogP contribution in [0.5, 0.6) is 0 Å². The quantitative estimate of drug-likeness (QED) is 0.639. The van der Waals surface area contributed by atoms with Gasteiger partial charge in [0.15, 0.2) is 0 Å². The third-order valence-corrected chi connectivity index (χ3v) is 5.53. The Labute approximate surface area is 181 Å². The molecule has 2 aromatic carbocycles. The largest absolute Gasteiger partial charge is 0.460 e. The number of piperidine rings is 1. The van der Waals surface area contributed by atoms with Crippen LogP contribution in [0.25, 0.3) is 11.0 Å². The molecule has 0 radical (unpaired) electrons. The van der Waals surface area contributed by atoms with Gasteiger partial charge in [-0.05, 0) is 63.4 Å². The number of nitrogens with zero attached hydrogens (tertiary/aromatic N) is 3. The second-order valence-corrected chi connectivity index (χ2v) is 9.13. The Balaban J connectivity index is 1.61. The van der Waals surface area contributed by atoms with Crippen LogP contribution in [-0.2, 0) is 16.1 Å². The first-order valence-corrected chi connectivity index (χ1v) is 10.7. The lowest BCUT2D eigenvalue weighted by Gasteiger charge is -2.38. The average Bonchev–Trinajstić information content (AvgIpc) is 3.06. The Morgan fingerprint density at radius 3 is 2.58 bits per heavy atom. The summed E-state index contributed by atoms with van der Waals surface area (Å²) in [7, 11) is 0. The predicted octanol–water partition coefficient (Wildman–Crippen LogP) is 4.07. The summed E-state index contributed by atoms with van der Waals surface area (Å²) in [4.78, 5) is 19.4. The van der Waals surface area contributed by atoms with E-state index < -0.39 is 5.60 Å². The zero-order valence-corrected chi connectivity index (χ0v) is 18.2. The first-order chi connectivity index (χ1) is 14.7. The Kier molecular flexibility index (Phi) is 5.71. The Hall–Kier alpha value is -2.93. The second kappa shape index (κ2) is 8.30. The van der Waals surface area contributed by atoms with Crippen molar-refractivity contribution < 1.29 is 13.9 Å². The van der Waals surface area contributed by atoms with E-state index in [-0.39, 0.29) is 23.9 Å². The van der Waals surface area contributed by atoms with Gasteiger partial charge in [0.25, 0.3) is 0 Å². The summed E-state index contributed by atoms with van der Waals surface area (Å²) in [6, 6.07) is 14.4. The summed E-state index contributed by atoms with van der Waals surface area (Å²) < 4.78 is 21.0. The molecule has 4 rings (SSSR count). The van der Waals surface area contributed by atoms with Crippen molar-refractivity contribution in [1.82, 2.24) is 9.55 Å². The lowest BCUT2D eigenvalue weighted by atomic mass is 9.94. The number of esters is 1. The molecule has 31 heavy (non-hydrogen) atoms. The van der Waals surface area contributed by atoms with Crippen LogP contribution in [-0.4, -0.2) is 33.8 Å². The van der Waals surface area contributed by atoms with E-state index in [1.807, 2.05) is 45.0 Å². The number of anilines is 1. The Bertz CT molecular complexity index is 1070. The number of aromatic nitrogens is 2. The molecule has 0 unspecified atom stereocenters. The molecule has 0 saturated carbocycles. The number of rotatable bonds is 4. The van der Waals surface area contributed by atoms with E-state index in [4.69, 9.17) is 15.5 Å². The summed E-state index contributed by atoms with van der Waals surface area (Å²) >= 11 is 0. The lowest BCUT2D eigenvalue weighted by molar-refractivity contribution is -0.161. The van der Waals surface area contributed by atoms with E-state index in [2.05, 4.69) is 9.47 Å². The molecule has 1 aliphatic rings. The van der Waals surface area contributed by atoms with Crippen LogP contribution in [0.15, 0.2) is 48.5 Å². The van der Waals surface area contributed by atoms with Crippen molar-refractivity contribution in [3.8, 4) is 0 Å². The van der Waals surface area contributed by atoms with Gasteiger partial charge in [-0.3, -0.25) is 4.79 Å². The maximum Gasteiger partial charge on any atom is 0.309 e. The van der Waals surface area contributed by atoms with Crippen LogP contribution in [0.2, 0.25) is 0 Å². The molecule has 2 N–H and O–H groups in total.